The first-order chi connectivity index (χ1) is 13.0. The summed E-state index contributed by atoms with van der Waals surface area (Å²) >= 11 is 1.77. The van der Waals surface area contributed by atoms with Crippen molar-refractivity contribution in [2.24, 2.45) is 4.99 Å². The van der Waals surface area contributed by atoms with E-state index in [1.807, 2.05) is 7.05 Å². The minimum absolute atomic E-state index is 0. The molecule has 0 radical (unpaired) electrons. The lowest BCUT2D eigenvalue weighted by atomic mass is 9.84. The third kappa shape index (κ3) is 6.03. The second kappa shape index (κ2) is 11.1. The summed E-state index contributed by atoms with van der Waals surface area (Å²) in [7, 11) is 4.11. The maximum Gasteiger partial charge on any atom is 0.191 e. The molecule has 0 spiro atoms. The quantitative estimate of drug-likeness (QED) is 0.355. The Morgan fingerprint density at radius 1 is 1.11 bits per heavy atom. The number of nitrogens with zero attached hydrogens (tertiary/aromatic N) is 4. The molecule has 1 aromatic rings. The molecular formula is C20H37IN6S. The predicted molar refractivity (Wildman–Crippen MR) is 130 cm³/mol. The smallest absolute Gasteiger partial charge is 0.191 e. The zero-order valence-electron chi connectivity index (χ0n) is 17.9. The monoisotopic (exact) mass is 520 g/mol. The van der Waals surface area contributed by atoms with Crippen molar-refractivity contribution in [2.45, 2.75) is 58.0 Å². The highest BCUT2D eigenvalue weighted by Gasteiger charge is 2.39. The molecule has 2 aliphatic rings. The van der Waals surface area contributed by atoms with Crippen molar-refractivity contribution in [3.63, 3.8) is 0 Å². The van der Waals surface area contributed by atoms with Crippen LogP contribution in [-0.4, -0.2) is 73.1 Å². The van der Waals surface area contributed by atoms with E-state index in [9.17, 15) is 0 Å². The third-order valence-electron chi connectivity index (χ3n) is 6.17. The number of aliphatic imine (C=N–C) groups is 1. The molecule has 160 valence electrons. The lowest BCUT2D eigenvalue weighted by Crippen LogP contribution is -2.62. The standard InChI is InChI=1S/C20H36N6S.HI/c1-16-18(27-17(2)24-16)14-22-19(21-3)23-15-20(8-12-25(4)13-9-20)26-10-6-5-7-11-26;/h5-15H2,1-4H3,(H2,21,22,23);1H. The van der Waals surface area contributed by atoms with Gasteiger partial charge in [0.05, 0.1) is 17.2 Å². The van der Waals surface area contributed by atoms with Crippen LogP contribution < -0.4 is 10.6 Å². The van der Waals surface area contributed by atoms with Crippen LogP contribution in [0.15, 0.2) is 4.99 Å². The Morgan fingerprint density at radius 3 is 2.36 bits per heavy atom. The average Bonchev–Trinajstić information content (AvgIpc) is 3.01. The number of guanidine groups is 1. The van der Waals surface area contributed by atoms with Crippen LogP contribution in [0.2, 0.25) is 0 Å². The van der Waals surface area contributed by atoms with Gasteiger partial charge in [-0.25, -0.2) is 4.98 Å². The molecule has 2 aliphatic heterocycles. The van der Waals surface area contributed by atoms with Gasteiger partial charge in [-0.05, 0) is 72.8 Å². The Kier molecular flexibility index (Phi) is 9.43. The molecule has 2 saturated heterocycles. The molecule has 3 heterocycles. The van der Waals surface area contributed by atoms with Crippen molar-refractivity contribution >= 4 is 41.3 Å². The second-order valence-corrected chi connectivity index (χ2v) is 9.38. The van der Waals surface area contributed by atoms with Crippen LogP contribution >= 0.6 is 35.3 Å². The van der Waals surface area contributed by atoms with Gasteiger partial charge in [-0.2, -0.15) is 0 Å². The molecule has 2 N–H and O–H groups in total. The Balaban J connectivity index is 0.00000280. The number of aromatic nitrogens is 1. The minimum atomic E-state index is 0. The summed E-state index contributed by atoms with van der Waals surface area (Å²) in [5, 5.41) is 8.27. The zero-order valence-corrected chi connectivity index (χ0v) is 21.0. The molecule has 0 atom stereocenters. The maximum atomic E-state index is 4.52. The molecule has 0 amide bonds. The van der Waals surface area contributed by atoms with Crippen molar-refractivity contribution in [3.05, 3.63) is 15.6 Å². The summed E-state index contributed by atoms with van der Waals surface area (Å²) in [5.41, 5.74) is 1.39. The Hall–Kier alpha value is -0.450. The number of likely N-dealkylation sites (tertiary alicyclic amines) is 2. The fraction of sp³-hybridized carbons (Fsp3) is 0.800. The van der Waals surface area contributed by atoms with Crippen LogP contribution in [0.1, 0.15) is 47.7 Å². The normalized spacial score (nSPS) is 21.2. The van der Waals surface area contributed by atoms with Gasteiger partial charge < -0.3 is 15.5 Å². The number of aryl methyl sites for hydroxylation is 2. The van der Waals surface area contributed by atoms with Crippen molar-refractivity contribution in [1.82, 2.24) is 25.4 Å². The van der Waals surface area contributed by atoms with Crippen molar-refractivity contribution in [1.29, 1.82) is 0 Å². The molecule has 1 aromatic heterocycles. The largest absolute Gasteiger partial charge is 0.355 e. The second-order valence-electron chi connectivity index (χ2n) is 8.10. The molecule has 6 nitrogen and oxygen atoms in total. The summed E-state index contributed by atoms with van der Waals surface area (Å²) in [6.45, 7) is 10.8. The number of halogens is 1. The lowest BCUT2D eigenvalue weighted by molar-refractivity contribution is 0.0173. The van der Waals surface area contributed by atoms with Gasteiger partial charge in [0.25, 0.3) is 0 Å². The van der Waals surface area contributed by atoms with Gasteiger partial charge in [-0.15, -0.1) is 35.3 Å². The van der Waals surface area contributed by atoms with E-state index in [-0.39, 0.29) is 29.5 Å². The highest BCUT2D eigenvalue weighted by molar-refractivity contribution is 14.0. The topological polar surface area (TPSA) is 55.8 Å². The SMILES string of the molecule is CN=C(NCc1sc(C)nc1C)NCC1(N2CCCCC2)CCN(C)CC1.I. The first-order valence-electron chi connectivity index (χ1n) is 10.3. The van der Waals surface area contributed by atoms with Crippen molar-refractivity contribution < 1.29 is 0 Å². The molecule has 0 aromatic carbocycles. The number of hydrogen-bond donors (Lipinski definition) is 2. The highest BCUT2D eigenvalue weighted by atomic mass is 127. The van der Waals surface area contributed by atoms with Crippen LogP contribution in [0.3, 0.4) is 0 Å². The molecule has 8 heteroatoms. The van der Waals surface area contributed by atoms with Gasteiger partial charge in [0.2, 0.25) is 0 Å². The Labute approximate surface area is 191 Å². The van der Waals surface area contributed by atoms with Crippen LogP contribution in [0.4, 0.5) is 0 Å². The van der Waals surface area contributed by atoms with Gasteiger partial charge in [-0.1, -0.05) is 6.42 Å². The molecular weight excluding hydrogens is 483 g/mol. The minimum Gasteiger partial charge on any atom is -0.355 e. The lowest BCUT2D eigenvalue weighted by Gasteiger charge is -2.50. The van der Waals surface area contributed by atoms with Crippen LogP contribution in [0, 0.1) is 13.8 Å². The maximum absolute atomic E-state index is 4.52. The summed E-state index contributed by atoms with van der Waals surface area (Å²) in [6, 6.07) is 0. The Bertz CT molecular complexity index is 633. The summed E-state index contributed by atoms with van der Waals surface area (Å²) in [5.74, 6) is 0.899. The number of thiazole rings is 1. The number of rotatable bonds is 5. The number of hydrogen-bond acceptors (Lipinski definition) is 5. The van der Waals surface area contributed by atoms with E-state index in [1.54, 1.807) is 11.3 Å². The highest BCUT2D eigenvalue weighted by Crippen LogP contribution is 2.30. The first kappa shape index (κ1) is 23.8. The molecule has 0 aliphatic carbocycles. The van der Waals surface area contributed by atoms with E-state index in [2.05, 4.69) is 51.3 Å². The van der Waals surface area contributed by atoms with Gasteiger partial charge in [0.15, 0.2) is 5.96 Å². The van der Waals surface area contributed by atoms with E-state index in [0.717, 1.165) is 29.8 Å². The van der Waals surface area contributed by atoms with E-state index < -0.39 is 0 Å². The van der Waals surface area contributed by atoms with Gasteiger partial charge in [-0.3, -0.25) is 9.89 Å². The van der Waals surface area contributed by atoms with Crippen molar-refractivity contribution in [2.75, 3.05) is 46.8 Å². The first-order valence-corrected chi connectivity index (χ1v) is 11.1. The average molecular weight is 521 g/mol. The van der Waals surface area contributed by atoms with E-state index in [4.69, 9.17) is 0 Å². The van der Waals surface area contributed by atoms with E-state index in [0.29, 0.717) is 0 Å². The van der Waals surface area contributed by atoms with E-state index in [1.165, 1.54) is 63.2 Å². The van der Waals surface area contributed by atoms with Gasteiger partial charge in [0, 0.05) is 24.0 Å². The summed E-state index contributed by atoms with van der Waals surface area (Å²) < 4.78 is 0. The summed E-state index contributed by atoms with van der Waals surface area (Å²) in [4.78, 5) is 15.5. The molecule has 3 rings (SSSR count). The van der Waals surface area contributed by atoms with E-state index >= 15 is 0 Å². The summed E-state index contributed by atoms with van der Waals surface area (Å²) in [6.07, 6.45) is 6.54. The molecule has 28 heavy (non-hydrogen) atoms. The fourth-order valence-electron chi connectivity index (χ4n) is 4.38. The molecule has 0 unspecified atom stereocenters. The molecule has 0 bridgehead atoms. The van der Waals surface area contributed by atoms with Crippen LogP contribution in [0.25, 0.3) is 0 Å². The predicted octanol–water partition coefficient (Wildman–Crippen LogP) is 2.99. The molecule has 0 saturated carbocycles. The molecule has 2 fully saturated rings. The Morgan fingerprint density at radius 2 is 1.79 bits per heavy atom. The van der Waals surface area contributed by atoms with Crippen LogP contribution in [-0.2, 0) is 6.54 Å². The third-order valence-corrected chi connectivity index (χ3v) is 7.24. The van der Waals surface area contributed by atoms with Crippen molar-refractivity contribution in [3.8, 4) is 0 Å². The van der Waals surface area contributed by atoms with Gasteiger partial charge in [0.1, 0.15) is 0 Å². The fourth-order valence-corrected chi connectivity index (χ4v) is 5.26. The van der Waals surface area contributed by atoms with Crippen LogP contribution in [0.5, 0.6) is 0 Å². The number of piperidine rings is 2. The van der Waals surface area contributed by atoms with Gasteiger partial charge >= 0.3 is 0 Å². The number of nitrogens with one attached hydrogen (secondary N) is 2. The zero-order chi connectivity index (χ0) is 19.3.